The molecule has 0 aliphatic rings. The van der Waals surface area contributed by atoms with Crippen molar-refractivity contribution < 1.29 is 10.2 Å². The quantitative estimate of drug-likeness (QED) is 0.118. The molecular formula is C30H63NO2. The molecule has 0 spiro atoms. The Hall–Kier alpha value is -0.120. The molecule has 0 aliphatic carbocycles. The Labute approximate surface area is 209 Å². The Kier molecular flexibility index (Phi) is 26.4. The van der Waals surface area contributed by atoms with Crippen molar-refractivity contribution in [2.75, 3.05) is 19.8 Å². The van der Waals surface area contributed by atoms with Gasteiger partial charge < -0.3 is 10.2 Å². The summed E-state index contributed by atoms with van der Waals surface area (Å²) in [6, 6.07) is 0.393. The third-order valence-electron chi connectivity index (χ3n) is 7.57. The van der Waals surface area contributed by atoms with E-state index in [4.69, 9.17) is 0 Å². The number of aliphatic hydroxyl groups excluding tert-OH is 2. The Morgan fingerprint density at radius 3 is 0.939 bits per heavy atom. The molecule has 200 valence electrons. The third-order valence-corrected chi connectivity index (χ3v) is 7.57. The molecular weight excluding hydrogens is 406 g/mol. The van der Waals surface area contributed by atoms with Crippen molar-refractivity contribution in [2.24, 2.45) is 0 Å². The van der Waals surface area contributed by atoms with Crippen LogP contribution in [0.25, 0.3) is 0 Å². The second kappa shape index (κ2) is 26.5. The van der Waals surface area contributed by atoms with Gasteiger partial charge in [0.15, 0.2) is 0 Å². The van der Waals surface area contributed by atoms with Crippen molar-refractivity contribution in [2.45, 2.75) is 174 Å². The second-order valence-corrected chi connectivity index (χ2v) is 10.4. The molecule has 0 bridgehead atoms. The molecule has 0 saturated heterocycles. The predicted octanol–water partition coefficient (Wildman–Crippen LogP) is 8.65. The molecule has 0 heterocycles. The molecule has 0 rings (SSSR count). The van der Waals surface area contributed by atoms with Gasteiger partial charge in [-0.1, -0.05) is 143 Å². The van der Waals surface area contributed by atoms with Crippen LogP contribution >= 0.6 is 0 Å². The molecule has 0 aromatic rings. The largest absolute Gasteiger partial charge is 0.395 e. The number of unbranched alkanes of at least 4 members (excludes halogenated alkanes) is 19. The highest BCUT2D eigenvalue weighted by molar-refractivity contribution is 4.77. The molecule has 3 heteroatoms. The van der Waals surface area contributed by atoms with E-state index in [9.17, 15) is 10.2 Å². The van der Waals surface area contributed by atoms with Gasteiger partial charge in [0, 0.05) is 12.1 Å². The Morgan fingerprint density at radius 2 is 0.697 bits per heavy atom. The lowest BCUT2D eigenvalue weighted by atomic mass is 10.0. The summed E-state index contributed by atoms with van der Waals surface area (Å²) in [4.78, 5) is 2.36. The summed E-state index contributed by atoms with van der Waals surface area (Å²) >= 11 is 0. The van der Waals surface area contributed by atoms with Crippen LogP contribution < -0.4 is 0 Å². The predicted molar refractivity (Wildman–Crippen MR) is 147 cm³/mol. The summed E-state index contributed by atoms with van der Waals surface area (Å²) in [6.07, 6.45) is 30.1. The van der Waals surface area contributed by atoms with Crippen LogP contribution in [-0.4, -0.2) is 47.0 Å². The van der Waals surface area contributed by atoms with Crippen LogP contribution in [-0.2, 0) is 0 Å². The summed E-state index contributed by atoms with van der Waals surface area (Å²) in [5, 5.41) is 19.4. The van der Waals surface area contributed by atoms with Crippen LogP contribution in [0, 0.1) is 0 Å². The first-order valence-corrected chi connectivity index (χ1v) is 15.2. The van der Waals surface area contributed by atoms with Gasteiger partial charge >= 0.3 is 0 Å². The van der Waals surface area contributed by atoms with Gasteiger partial charge in [0.2, 0.25) is 0 Å². The molecule has 2 N–H and O–H groups in total. The highest BCUT2D eigenvalue weighted by Gasteiger charge is 2.22. The number of aliphatic hydroxyl groups is 2. The minimum atomic E-state index is 0.197. The van der Waals surface area contributed by atoms with Crippen LogP contribution in [0.4, 0.5) is 0 Å². The maximum absolute atomic E-state index is 9.68. The molecule has 33 heavy (non-hydrogen) atoms. The van der Waals surface area contributed by atoms with E-state index in [1.54, 1.807) is 0 Å². The lowest BCUT2D eigenvalue weighted by Crippen LogP contribution is -2.46. The maximum Gasteiger partial charge on any atom is 0.0586 e. The Morgan fingerprint density at radius 1 is 0.424 bits per heavy atom. The molecule has 2 unspecified atom stereocenters. The third kappa shape index (κ3) is 19.8. The monoisotopic (exact) mass is 469 g/mol. The smallest absolute Gasteiger partial charge is 0.0586 e. The minimum absolute atomic E-state index is 0.197. The summed E-state index contributed by atoms with van der Waals surface area (Å²) in [5.74, 6) is 0. The topological polar surface area (TPSA) is 43.7 Å². The van der Waals surface area contributed by atoms with Gasteiger partial charge in [-0.05, 0) is 25.8 Å². The number of nitrogens with zero attached hydrogens (tertiary/aromatic N) is 1. The first-order chi connectivity index (χ1) is 16.2. The number of rotatable bonds is 27. The first kappa shape index (κ1) is 32.9. The second-order valence-electron chi connectivity index (χ2n) is 10.4. The zero-order valence-corrected chi connectivity index (χ0v) is 23.2. The highest BCUT2D eigenvalue weighted by atomic mass is 16.3. The van der Waals surface area contributed by atoms with Crippen molar-refractivity contribution in [3.8, 4) is 0 Å². The van der Waals surface area contributed by atoms with Crippen LogP contribution in [0.5, 0.6) is 0 Å². The molecule has 0 radical (unpaired) electrons. The van der Waals surface area contributed by atoms with Crippen molar-refractivity contribution >= 4 is 0 Å². The highest BCUT2D eigenvalue weighted by Crippen LogP contribution is 2.17. The van der Waals surface area contributed by atoms with E-state index in [1.165, 1.54) is 128 Å². The normalized spacial score (nSPS) is 13.6. The van der Waals surface area contributed by atoms with Gasteiger partial charge in [-0.25, -0.2) is 0 Å². The summed E-state index contributed by atoms with van der Waals surface area (Å²) < 4.78 is 0. The van der Waals surface area contributed by atoms with Crippen LogP contribution in [0.3, 0.4) is 0 Å². The molecule has 0 fully saturated rings. The van der Waals surface area contributed by atoms with Gasteiger partial charge in [0.1, 0.15) is 0 Å². The van der Waals surface area contributed by atoms with E-state index < -0.39 is 0 Å². The van der Waals surface area contributed by atoms with Crippen molar-refractivity contribution in [1.29, 1.82) is 0 Å². The summed E-state index contributed by atoms with van der Waals surface area (Å²) in [5.41, 5.74) is 0. The van der Waals surface area contributed by atoms with Crippen molar-refractivity contribution in [1.82, 2.24) is 4.90 Å². The summed E-state index contributed by atoms with van der Waals surface area (Å²) in [6.45, 7) is 7.97. The fourth-order valence-corrected chi connectivity index (χ4v) is 5.15. The average Bonchev–Trinajstić information content (AvgIpc) is 2.83. The van der Waals surface area contributed by atoms with E-state index in [1.807, 2.05) is 0 Å². The molecule has 3 nitrogen and oxygen atoms in total. The zero-order valence-electron chi connectivity index (χ0n) is 23.2. The SMILES string of the molecule is CCCCCCCCCCCCCCCCCCCCCCN(C(CC)CO)C(CC)CO. The van der Waals surface area contributed by atoms with Gasteiger partial charge in [-0.3, -0.25) is 4.90 Å². The average molecular weight is 470 g/mol. The standard InChI is InChI=1S/C30H63NO2/c1-4-7-8-9-10-11-12-13-14-15-16-17-18-19-20-21-22-23-24-25-26-31(29(5-2)27-32)30(6-3)28-33/h29-30,32-33H,4-28H2,1-3H3. The molecule has 2 atom stereocenters. The van der Waals surface area contributed by atoms with Crippen molar-refractivity contribution in [3.63, 3.8) is 0 Å². The van der Waals surface area contributed by atoms with Crippen LogP contribution in [0.2, 0.25) is 0 Å². The molecule has 0 aromatic heterocycles. The van der Waals surface area contributed by atoms with E-state index in [0.717, 1.165) is 19.4 Å². The maximum atomic E-state index is 9.68. The molecule has 0 aliphatic heterocycles. The summed E-state index contributed by atoms with van der Waals surface area (Å²) in [7, 11) is 0. The fraction of sp³-hybridized carbons (Fsp3) is 1.00. The zero-order chi connectivity index (χ0) is 24.4. The Bertz CT molecular complexity index is 343. The Balaban J connectivity index is 3.43. The fourth-order valence-electron chi connectivity index (χ4n) is 5.15. The van der Waals surface area contributed by atoms with Crippen LogP contribution in [0.15, 0.2) is 0 Å². The molecule has 0 aromatic carbocycles. The molecule has 0 saturated carbocycles. The van der Waals surface area contributed by atoms with E-state index >= 15 is 0 Å². The van der Waals surface area contributed by atoms with Gasteiger partial charge in [-0.15, -0.1) is 0 Å². The minimum Gasteiger partial charge on any atom is -0.395 e. The van der Waals surface area contributed by atoms with Crippen LogP contribution in [0.1, 0.15) is 162 Å². The van der Waals surface area contributed by atoms with Gasteiger partial charge in [0.05, 0.1) is 13.2 Å². The number of hydrogen-bond acceptors (Lipinski definition) is 3. The van der Waals surface area contributed by atoms with Gasteiger partial charge in [0.25, 0.3) is 0 Å². The lowest BCUT2D eigenvalue weighted by molar-refractivity contribution is 0.0465. The van der Waals surface area contributed by atoms with E-state index in [2.05, 4.69) is 25.7 Å². The van der Waals surface area contributed by atoms with Gasteiger partial charge in [-0.2, -0.15) is 0 Å². The van der Waals surface area contributed by atoms with Crippen molar-refractivity contribution in [3.05, 3.63) is 0 Å². The molecule has 0 amide bonds. The van der Waals surface area contributed by atoms with E-state index in [-0.39, 0.29) is 25.3 Å². The number of hydrogen-bond donors (Lipinski definition) is 2. The first-order valence-electron chi connectivity index (χ1n) is 15.2. The van der Waals surface area contributed by atoms with E-state index in [0.29, 0.717) is 0 Å². The lowest BCUT2D eigenvalue weighted by Gasteiger charge is -2.35.